The number of benzene rings is 1. The van der Waals surface area contributed by atoms with Gasteiger partial charge in [0.1, 0.15) is 5.75 Å². The lowest BCUT2D eigenvalue weighted by atomic mass is 10.2. The number of carbonyl (C=O) groups is 1. The lowest BCUT2D eigenvalue weighted by Crippen LogP contribution is -2.23. The molecule has 1 amide bonds. The van der Waals surface area contributed by atoms with Gasteiger partial charge in [-0.1, -0.05) is 49.1 Å². The van der Waals surface area contributed by atoms with E-state index in [-0.39, 0.29) is 17.3 Å². The first-order chi connectivity index (χ1) is 12.3. The van der Waals surface area contributed by atoms with E-state index < -0.39 is 11.9 Å². The van der Waals surface area contributed by atoms with Crippen molar-refractivity contribution < 1.29 is 18.3 Å². The molecule has 2 aromatic rings. The number of thioether (sulfide) groups is 1. The molecule has 1 heterocycles. The Morgan fingerprint density at radius 2 is 2.00 bits per heavy atom. The number of halogens is 2. The Kier molecular flexibility index (Phi) is 7.58. The Balaban J connectivity index is 1.94. The quantitative estimate of drug-likeness (QED) is 0.608. The van der Waals surface area contributed by atoms with E-state index in [1.807, 2.05) is 0 Å². The summed E-state index contributed by atoms with van der Waals surface area (Å²) in [6.45, 7) is 3.71. The number of amides is 1. The van der Waals surface area contributed by atoms with E-state index in [1.54, 1.807) is 19.1 Å². The van der Waals surface area contributed by atoms with Gasteiger partial charge in [-0.05, 0) is 25.0 Å². The molecule has 1 aromatic heterocycles. The second kappa shape index (κ2) is 9.67. The van der Waals surface area contributed by atoms with Crippen molar-refractivity contribution in [3.05, 3.63) is 24.3 Å². The van der Waals surface area contributed by atoms with Crippen molar-refractivity contribution in [3.8, 4) is 5.75 Å². The lowest BCUT2D eigenvalue weighted by molar-refractivity contribution is -0.115. The highest BCUT2D eigenvalue weighted by atomic mass is 32.2. The number of aromatic nitrogens is 2. The maximum Gasteiger partial charge on any atom is 0.387 e. The molecule has 2 rings (SSSR count). The fourth-order valence-corrected chi connectivity index (χ4v) is 3.73. The van der Waals surface area contributed by atoms with Crippen LogP contribution in [0.5, 0.6) is 5.75 Å². The molecule has 2 N–H and O–H groups in total. The molecule has 0 saturated heterocycles. The molecule has 0 aliphatic rings. The minimum atomic E-state index is -2.96. The van der Waals surface area contributed by atoms with E-state index in [2.05, 4.69) is 39.4 Å². The van der Waals surface area contributed by atoms with Crippen LogP contribution in [0.2, 0.25) is 0 Å². The summed E-state index contributed by atoms with van der Waals surface area (Å²) in [6, 6.07) is 6.06. The normalized spacial score (nSPS) is 12.3. The molecule has 0 spiro atoms. The second-order valence-corrected chi connectivity index (χ2v) is 8.34. The zero-order valence-corrected chi connectivity index (χ0v) is 16.2. The number of hydrogen-bond donors (Lipinski definition) is 2. The van der Waals surface area contributed by atoms with Gasteiger partial charge >= 0.3 is 6.61 Å². The molecule has 6 nitrogen and oxygen atoms in total. The van der Waals surface area contributed by atoms with Crippen molar-refractivity contribution in [3.63, 3.8) is 0 Å². The Hall–Kier alpha value is -1.94. The summed E-state index contributed by atoms with van der Waals surface area (Å²) >= 11 is 2.61. The van der Waals surface area contributed by atoms with Gasteiger partial charge in [0.2, 0.25) is 11.0 Å². The van der Waals surface area contributed by atoms with Gasteiger partial charge in [0.25, 0.3) is 0 Å². The Morgan fingerprint density at radius 1 is 1.27 bits per heavy atom. The van der Waals surface area contributed by atoms with Gasteiger partial charge < -0.3 is 15.4 Å². The first-order valence-corrected chi connectivity index (χ1v) is 9.63. The van der Waals surface area contributed by atoms with Gasteiger partial charge in [-0.15, -0.1) is 10.2 Å². The van der Waals surface area contributed by atoms with E-state index in [0.29, 0.717) is 15.4 Å². The molecular weight excluding hydrogens is 382 g/mol. The van der Waals surface area contributed by atoms with Crippen LogP contribution in [0, 0.1) is 5.92 Å². The van der Waals surface area contributed by atoms with E-state index in [0.717, 1.165) is 6.54 Å². The zero-order valence-electron chi connectivity index (χ0n) is 14.5. The number of para-hydroxylation sites is 2. The predicted octanol–water partition coefficient (Wildman–Crippen LogP) is 4.33. The van der Waals surface area contributed by atoms with Crippen molar-refractivity contribution in [2.75, 3.05) is 17.2 Å². The number of ether oxygens (including phenoxy) is 1. The molecule has 0 aliphatic carbocycles. The summed E-state index contributed by atoms with van der Waals surface area (Å²) in [5.41, 5.74) is 0.196. The maximum atomic E-state index is 12.4. The molecule has 0 radical (unpaired) electrons. The molecule has 0 fully saturated rings. The number of carbonyl (C=O) groups excluding carboxylic acids is 1. The summed E-state index contributed by atoms with van der Waals surface area (Å²) in [4.78, 5) is 12.3. The summed E-state index contributed by atoms with van der Waals surface area (Å²) in [5.74, 6) is 0.0616. The third kappa shape index (κ3) is 6.41. The molecule has 1 aromatic carbocycles. The molecular formula is C16H20F2N4O2S2. The van der Waals surface area contributed by atoms with Gasteiger partial charge in [-0.25, -0.2) is 0 Å². The molecule has 0 aliphatic heterocycles. The van der Waals surface area contributed by atoms with Crippen LogP contribution in [0.25, 0.3) is 0 Å². The topological polar surface area (TPSA) is 76.1 Å². The summed E-state index contributed by atoms with van der Waals surface area (Å²) in [5, 5.41) is 14.1. The first-order valence-electron chi connectivity index (χ1n) is 7.94. The average Bonchev–Trinajstić information content (AvgIpc) is 3.01. The van der Waals surface area contributed by atoms with Crippen LogP contribution in [-0.4, -0.2) is 34.5 Å². The number of anilines is 2. The molecule has 0 bridgehead atoms. The van der Waals surface area contributed by atoms with Crippen LogP contribution in [0.3, 0.4) is 0 Å². The standard InChI is InChI=1S/C16H20F2N4O2S2/c1-9(2)8-19-15-21-22-16(26-15)25-10(3)13(23)20-11-6-4-5-7-12(11)24-14(17)18/h4-7,9-10,14H,8H2,1-3H3,(H,19,21)(H,20,23)/t10-/m0/s1. The largest absolute Gasteiger partial charge is 0.433 e. The summed E-state index contributed by atoms with van der Waals surface area (Å²) in [6.07, 6.45) is 0. The average molecular weight is 402 g/mol. The molecule has 26 heavy (non-hydrogen) atoms. The van der Waals surface area contributed by atoms with E-state index in [9.17, 15) is 13.6 Å². The second-order valence-electron chi connectivity index (χ2n) is 5.77. The van der Waals surface area contributed by atoms with Crippen molar-refractivity contribution in [1.29, 1.82) is 0 Å². The van der Waals surface area contributed by atoms with Gasteiger partial charge in [0, 0.05) is 6.54 Å². The number of nitrogens with one attached hydrogen (secondary N) is 2. The Morgan fingerprint density at radius 3 is 2.69 bits per heavy atom. The van der Waals surface area contributed by atoms with Gasteiger partial charge in [-0.2, -0.15) is 8.78 Å². The molecule has 0 saturated carbocycles. The number of hydrogen-bond acceptors (Lipinski definition) is 7. The fourth-order valence-electron chi connectivity index (χ4n) is 1.83. The van der Waals surface area contributed by atoms with Gasteiger partial charge in [0.05, 0.1) is 10.9 Å². The third-order valence-electron chi connectivity index (χ3n) is 3.08. The fraction of sp³-hybridized carbons (Fsp3) is 0.438. The minimum absolute atomic E-state index is 0.0795. The summed E-state index contributed by atoms with van der Waals surface area (Å²) in [7, 11) is 0. The van der Waals surface area contributed by atoms with Crippen molar-refractivity contribution in [1.82, 2.24) is 10.2 Å². The minimum Gasteiger partial charge on any atom is -0.433 e. The Labute approximate surface area is 158 Å². The van der Waals surface area contributed by atoms with Crippen LogP contribution in [0.1, 0.15) is 20.8 Å². The van der Waals surface area contributed by atoms with E-state index >= 15 is 0 Å². The highest BCUT2D eigenvalue weighted by Gasteiger charge is 2.19. The number of alkyl halides is 2. The smallest absolute Gasteiger partial charge is 0.387 e. The first kappa shape index (κ1) is 20.4. The van der Waals surface area contributed by atoms with Crippen LogP contribution in [0.4, 0.5) is 19.6 Å². The zero-order chi connectivity index (χ0) is 19.1. The monoisotopic (exact) mass is 402 g/mol. The van der Waals surface area contributed by atoms with Crippen LogP contribution >= 0.6 is 23.1 Å². The molecule has 142 valence electrons. The Bertz CT molecular complexity index is 728. The van der Waals surface area contributed by atoms with Crippen molar-refractivity contribution in [2.45, 2.75) is 37.0 Å². The van der Waals surface area contributed by atoms with Crippen LogP contribution in [-0.2, 0) is 4.79 Å². The number of rotatable bonds is 9. The highest BCUT2D eigenvalue weighted by molar-refractivity contribution is 8.02. The lowest BCUT2D eigenvalue weighted by Gasteiger charge is -2.14. The van der Waals surface area contributed by atoms with E-state index in [1.165, 1.54) is 35.2 Å². The maximum absolute atomic E-state index is 12.4. The van der Waals surface area contributed by atoms with Gasteiger partial charge in [-0.3, -0.25) is 4.79 Å². The van der Waals surface area contributed by atoms with Crippen LogP contribution in [0.15, 0.2) is 28.6 Å². The van der Waals surface area contributed by atoms with E-state index in [4.69, 9.17) is 0 Å². The summed E-state index contributed by atoms with van der Waals surface area (Å²) < 4.78 is 29.9. The van der Waals surface area contributed by atoms with Crippen molar-refractivity contribution >= 4 is 39.8 Å². The van der Waals surface area contributed by atoms with Crippen LogP contribution < -0.4 is 15.4 Å². The highest BCUT2D eigenvalue weighted by Crippen LogP contribution is 2.31. The SMILES string of the molecule is CC(C)CNc1nnc(S[C@@H](C)C(=O)Nc2ccccc2OC(F)F)s1. The molecule has 1 atom stereocenters. The molecule has 10 heteroatoms. The van der Waals surface area contributed by atoms with Crippen molar-refractivity contribution in [2.24, 2.45) is 5.92 Å². The number of nitrogens with zero attached hydrogens (tertiary/aromatic N) is 2. The van der Waals surface area contributed by atoms with Gasteiger partial charge in [0.15, 0.2) is 4.34 Å². The third-order valence-corrected chi connectivity index (χ3v) is 5.14. The molecule has 0 unspecified atom stereocenters. The predicted molar refractivity (Wildman–Crippen MR) is 100 cm³/mol.